The zero-order valence-electron chi connectivity index (χ0n) is 16.9. The molecule has 1 aromatic heterocycles. The summed E-state index contributed by atoms with van der Waals surface area (Å²) in [4.78, 5) is -0.0487. The number of nitrogens with two attached hydrogens (primary N) is 1. The van der Waals surface area contributed by atoms with Crippen LogP contribution in [0.2, 0.25) is 5.02 Å². The van der Waals surface area contributed by atoms with Gasteiger partial charge in [-0.3, -0.25) is 4.68 Å². The molecule has 0 aliphatic carbocycles. The number of rotatable bonds is 6. The number of aryl methyl sites for hydroxylation is 2. The minimum absolute atomic E-state index is 0.0487. The largest absolute Gasteiger partial charge is 0.253 e. The van der Waals surface area contributed by atoms with Crippen molar-refractivity contribution in [1.82, 2.24) is 9.78 Å². The standard InChI is InChI=1S/C24H19ClN4O2S/c25-19-12-10-18(11-13-19)23-21(16-26)29(15-14-17-6-2-1-3-7-17)28-24(23)20-8-4-5-9-22(20)32(27,30)31/h1-13H,14-15H2,(H2,27,30,31). The first-order valence-electron chi connectivity index (χ1n) is 9.81. The van der Waals surface area contributed by atoms with Crippen LogP contribution in [0.15, 0.2) is 83.8 Å². The van der Waals surface area contributed by atoms with Crippen LogP contribution in [0.25, 0.3) is 22.4 Å². The summed E-state index contributed by atoms with van der Waals surface area (Å²) in [6.45, 7) is 0.449. The van der Waals surface area contributed by atoms with E-state index < -0.39 is 10.0 Å². The summed E-state index contributed by atoms with van der Waals surface area (Å²) in [5, 5.41) is 20.7. The molecule has 0 radical (unpaired) electrons. The molecule has 0 fully saturated rings. The predicted octanol–water partition coefficient (Wildman–Crippen LogP) is 4.63. The van der Waals surface area contributed by atoms with Gasteiger partial charge in [-0.25, -0.2) is 13.6 Å². The fraction of sp³-hybridized carbons (Fsp3) is 0.0833. The molecule has 0 aliphatic heterocycles. The van der Waals surface area contributed by atoms with Gasteiger partial charge in [-0.1, -0.05) is 72.3 Å². The summed E-state index contributed by atoms with van der Waals surface area (Å²) in [6.07, 6.45) is 0.660. The van der Waals surface area contributed by atoms with Crippen LogP contribution < -0.4 is 5.14 Å². The molecule has 8 heteroatoms. The number of hydrogen-bond donors (Lipinski definition) is 1. The van der Waals surface area contributed by atoms with Crippen molar-refractivity contribution in [2.45, 2.75) is 17.9 Å². The van der Waals surface area contributed by atoms with Crippen molar-refractivity contribution >= 4 is 21.6 Å². The van der Waals surface area contributed by atoms with Gasteiger partial charge in [-0.15, -0.1) is 0 Å². The van der Waals surface area contributed by atoms with E-state index in [1.807, 2.05) is 30.3 Å². The van der Waals surface area contributed by atoms with Crippen molar-refractivity contribution in [3.8, 4) is 28.5 Å². The molecule has 0 aliphatic rings. The molecule has 0 unspecified atom stereocenters. The van der Waals surface area contributed by atoms with Gasteiger partial charge in [-0.2, -0.15) is 10.4 Å². The lowest BCUT2D eigenvalue weighted by atomic mass is 9.99. The number of primary sulfonamides is 1. The third-order valence-electron chi connectivity index (χ3n) is 5.10. The Morgan fingerprint density at radius 1 is 0.969 bits per heavy atom. The highest BCUT2D eigenvalue weighted by Crippen LogP contribution is 2.37. The fourth-order valence-electron chi connectivity index (χ4n) is 3.61. The van der Waals surface area contributed by atoms with E-state index in [9.17, 15) is 13.7 Å². The van der Waals surface area contributed by atoms with Crippen LogP contribution in [-0.2, 0) is 23.0 Å². The number of sulfonamides is 1. The van der Waals surface area contributed by atoms with E-state index in [2.05, 4.69) is 11.2 Å². The molecule has 1 heterocycles. The first-order chi connectivity index (χ1) is 15.4. The number of nitriles is 1. The minimum atomic E-state index is -4.01. The first-order valence-corrected chi connectivity index (χ1v) is 11.7. The number of hydrogen-bond acceptors (Lipinski definition) is 4. The second kappa shape index (κ2) is 8.97. The summed E-state index contributed by atoms with van der Waals surface area (Å²) in [5.74, 6) is 0. The van der Waals surface area contributed by atoms with Gasteiger partial charge < -0.3 is 0 Å². The lowest BCUT2D eigenvalue weighted by Crippen LogP contribution is -2.13. The van der Waals surface area contributed by atoms with Crippen molar-refractivity contribution < 1.29 is 8.42 Å². The lowest BCUT2D eigenvalue weighted by Gasteiger charge is -2.08. The van der Waals surface area contributed by atoms with E-state index in [0.29, 0.717) is 46.1 Å². The highest BCUT2D eigenvalue weighted by atomic mass is 35.5. The molecular weight excluding hydrogens is 444 g/mol. The van der Waals surface area contributed by atoms with Crippen molar-refractivity contribution in [1.29, 1.82) is 5.26 Å². The molecule has 4 rings (SSSR count). The number of halogens is 1. The van der Waals surface area contributed by atoms with Crippen LogP contribution in [0.3, 0.4) is 0 Å². The van der Waals surface area contributed by atoms with Crippen molar-refractivity contribution in [2.24, 2.45) is 5.14 Å². The van der Waals surface area contributed by atoms with Gasteiger partial charge in [-0.05, 0) is 35.7 Å². The number of nitrogens with zero attached hydrogens (tertiary/aromatic N) is 3. The number of aromatic nitrogens is 2. The molecule has 0 saturated heterocycles. The van der Waals surface area contributed by atoms with E-state index in [1.54, 1.807) is 47.1 Å². The topological polar surface area (TPSA) is 102 Å². The van der Waals surface area contributed by atoms with Crippen LogP contribution in [0.4, 0.5) is 0 Å². The summed E-state index contributed by atoms with van der Waals surface area (Å²) in [7, 11) is -4.01. The van der Waals surface area contributed by atoms with Crippen LogP contribution in [0.1, 0.15) is 11.3 Å². The highest BCUT2D eigenvalue weighted by molar-refractivity contribution is 7.89. The predicted molar refractivity (Wildman–Crippen MR) is 124 cm³/mol. The summed E-state index contributed by atoms with van der Waals surface area (Å²) in [6, 6.07) is 25.5. The van der Waals surface area contributed by atoms with Crippen molar-refractivity contribution in [2.75, 3.05) is 0 Å². The molecule has 0 amide bonds. The molecular formula is C24H19ClN4O2S. The summed E-state index contributed by atoms with van der Waals surface area (Å²) >= 11 is 6.06. The SMILES string of the molecule is N#Cc1c(-c2ccc(Cl)cc2)c(-c2ccccc2S(N)(=O)=O)nn1CCc1ccccc1. The van der Waals surface area contributed by atoms with E-state index in [1.165, 1.54) is 6.07 Å². The maximum Gasteiger partial charge on any atom is 0.238 e. The molecule has 3 aromatic carbocycles. The van der Waals surface area contributed by atoms with Gasteiger partial charge in [0.15, 0.2) is 0 Å². The van der Waals surface area contributed by atoms with Crippen LogP contribution in [-0.4, -0.2) is 18.2 Å². The quantitative estimate of drug-likeness (QED) is 0.451. The Labute approximate surface area is 191 Å². The number of benzene rings is 3. The monoisotopic (exact) mass is 462 g/mol. The third kappa shape index (κ3) is 4.43. The molecule has 2 N–H and O–H groups in total. The van der Waals surface area contributed by atoms with E-state index in [4.69, 9.17) is 16.7 Å². The van der Waals surface area contributed by atoms with Crippen LogP contribution in [0, 0.1) is 11.3 Å². The van der Waals surface area contributed by atoms with Crippen molar-refractivity contribution in [3.05, 3.63) is 95.1 Å². The molecule has 0 spiro atoms. The second-order valence-electron chi connectivity index (χ2n) is 7.19. The molecule has 4 aromatic rings. The average Bonchev–Trinajstić information content (AvgIpc) is 3.17. The summed E-state index contributed by atoms with van der Waals surface area (Å²) in [5.41, 5.74) is 3.40. The van der Waals surface area contributed by atoms with Gasteiger partial charge in [0.1, 0.15) is 17.5 Å². The molecule has 32 heavy (non-hydrogen) atoms. The van der Waals surface area contributed by atoms with Crippen LogP contribution in [0.5, 0.6) is 0 Å². The smallest absolute Gasteiger partial charge is 0.238 e. The molecule has 0 atom stereocenters. The summed E-state index contributed by atoms with van der Waals surface area (Å²) < 4.78 is 26.1. The lowest BCUT2D eigenvalue weighted by molar-refractivity contribution is 0.597. The normalized spacial score (nSPS) is 11.3. The Bertz CT molecular complexity index is 1410. The zero-order chi connectivity index (χ0) is 22.7. The maximum absolute atomic E-state index is 12.3. The minimum Gasteiger partial charge on any atom is -0.253 e. The Balaban J connectivity index is 1.92. The van der Waals surface area contributed by atoms with Gasteiger partial charge in [0, 0.05) is 22.7 Å². The average molecular weight is 463 g/mol. The molecule has 0 saturated carbocycles. The van der Waals surface area contributed by atoms with Crippen LogP contribution >= 0.6 is 11.6 Å². The van der Waals surface area contributed by atoms with Gasteiger partial charge in [0.25, 0.3) is 0 Å². The Hall–Kier alpha value is -3.44. The Morgan fingerprint density at radius 2 is 1.62 bits per heavy atom. The molecule has 0 bridgehead atoms. The Morgan fingerprint density at radius 3 is 2.28 bits per heavy atom. The maximum atomic E-state index is 12.3. The highest BCUT2D eigenvalue weighted by Gasteiger charge is 2.25. The zero-order valence-corrected chi connectivity index (χ0v) is 18.5. The van der Waals surface area contributed by atoms with Crippen molar-refractivity contribution in [3.63, 3.8) is 0 Å². The molecule has 160 valence electrons. The van der Waals surface area contributed by atoms with Gasteiger partial charge in [0.2, 0.25) is 10.0 Å². The Kier molecular flexibility index (Phi) is 6.10. The van der Waals surface area contributed by atoms with E-state index >= 15 is 0 Å². The first kappa shape index (κ1) is 21.8. The van der Waals surface area contributed by atoms with E-state index in [-0.39, 0.29) is 4.90 Å². The fourth-order valence-corrected chi connectivity index (χ4v) is 4.47. The third-order valence-corrected chi connectivity index (χ3v) is 6.32. The molecule has 6 nitrogen and oxygen atoms in total. The van der Waals surface area contributed by atoms with Gasteiger partial charge in [0.05, 0.1) is 4.90 Å². The second-order valence-corrected chi connectivity index (χ2v) is 9.16. The van der Waals surface area contributed by atoms with E-state index in [0.717, 1.165) is 5.56 Å². The van der Waals surface area contributed by atoms with Gasteiger partial charge >= 0.3 is 0 Å².